The topological polar surface area (TPSA) is 76.9 Å². The number of aromatic nitrogens is 3. The molecular weight excluding hydrogens is 332 g/mol. The lowest BCUT2D eigenvalue weighted by molar-refractivity contribution is 0.528. The van der Waals surface area contributed by atoms with E-state index in [9.17, 15) is 8.42 Å². The Bertz CT molecular complexity index is 971. The van der Waals surface area contributed by atoms with Crippen LogP contribution >= 0.6 is 11.3 Å². The van der Waals surface area contributed by atoms with Crippen molar-refractivity contribution in [3.63, 3.8) is 0 Å². The molecule has 2 heterocycles. The molecule has 0 saturated heterocycles. The van der Waals surface area contributed by atoms with E-state index in [0.29, 0.717) is 10.8 Å². The highest BCUT2D eigenvalue weighted by molar-refractivity contribution is 7.93. The molecule has 2 aromatic heterocycles. The Morgan fingerprint density at radius 3 is 2.61 bits per heavy atom. The fourth-order valence-corrected chi connectivity index (χ4v) is 4.65. The number of hydrogen-bond donors (Lipinski definition) is 1. The Morgan fingerprint density at radius 2 is 2.00 bits per heavy atom. The van der Waals surface area contributed by atoms with Gasteiger partial charge in [-0.05, 0) is 39.3 Å². The number of aryl methyl sites for hydroxylation is 2. The van der Waals surface area contributed by atoms with Crippen molar-refractivity contribution in [2.45, 2.75) is 38.6 Å². The van der Waals surface area contributed by atoms with E-state index in [-0.39, 0.29) is 10.9 Å². The van der Waals surface area contributed by atoms with Crippen LogP contribution in [0.15, 0.2) is 29.3 Å². The van der Waals surface area contributed by atoms with Crippen LogP contribution in [0.1, 0.15) is 31.1 Å². The molecule has 0 aliphatic rings. The zero-order valence-corrected chi connectivity index (χ0v) is 15.0. The van der Waals surface area contributed by atoms with Gasteiger partial charge < -0.3 is 0 Å². The molecule has 3 rings (SSSR count). The standard InChI is InChI=1S/C15H18N4O2S2/c1-9(2)19-8-13(11(4)17-19)23(20,21)18-15-16-14-10(3)6-5-7-12(14)22-15/h5-9H,1-4H3,(H,16,18). The number of nitrogens with one attached hydrogen (secondary N) is 1. The monoisotopic (exact) mass is 350 g/mol. The molecule has 0 spiro atoms. The summed E-state index contributed by atoms with van der Waals surface area (Å²) in [7, 11) is -3.70. The molecule has 3 aromatic rings. The van der Waals surface area contributed by atoms with Crippen LogP contribution in [-0.4, -0.2) is 23.2 Å². The highest BCUT2D eigenvalue weighted by Gasteiger charge is 2.22. The van der Waals surface area contributed by atoms with Gasteiger partial charge in [-0.3, -0.25) is 9.40 Å². The van der Waals surface area contributed by atoms with Crippen molar-refractivity contribution in [3.8, 4) is 0 Å². The third-order valence-corrected chi connectivity index (χ3v) is 6.04. The van der Waals surface area contributed by atoms with Crippen molar-refractivity contribution in [3.05, 3.63) is 35.7 Å². The van der Waals surface area contributed by atoms with E-state index in [2.05, 4.69) is 14.8 Å². The van der Waals surface area contributed by atoms with Crippen molar-refractivity contribution in [2.24, 2.45) is 0 Å². The number of anilines is 1. The molecule has 0 amide bonds. The summed E-state index contributed by atoms with van der Waals surface area (Å²) in [5.74, 6) is 0. The van der Waals surface area contributed by atoms with E-state index in [1.54, 1.807) is 17.8 Å². The smallest absolute Gasteiger partial charge is 0.267 e. The van der Waals surface area contributed by atoms with Crippen LogP contribution in [0.25, 0.3) is 10.2 Å². The van der Waals surface area contributed by atoms with Gasteiger partial charge in [0.2, 0.25) is 0 Å². The first kappa shape index (κ1) is 15.9. The van der Waals surface area contributed by atoms with Gasteiger partial charge in [-0.1, -0.05) is 23.5 Å². The first-order chi connectivity index (χ1) is 10.8. The fourth-order valence-electron chi connectivity index (χ4n) is 2.29. The predicted octanol–water partition coefficient (Wildman–Crippen LogP) is 3.49. The summed E-state index contributed by atoms with van der Waals surface area (Å²) in [4.78, 5) is 4.58. The summed E-state index contributed by atoms with van der Waals surface area (Å²) in [5, 5.41) is 4.62. The Hall–Kier alpha value is -1.93. The largest absolute Gasteiger partial charge is 0.269 e. The number of fused-ring (bicyclic) bond motifs is 1. The Labute approximate surface area is 139 Å². The molecule has 0 fully saturated rings. The molecule has 0 aliphatic heterocycles. The lowest BCUT2D eigenvalue weighted by Crippen LogP contribution is -2.13. The second-order valence-corrected chi connectivity index (χ2v) is 8.38. The van der Waals surface area contributed by atoms with Crippen LogP contribution in [0, 0.1) is 13.8 Å². The fraction of sp³-hybridized carbons (Fsp3) is 0.333. The van der Waals surface area contributed by atoms with Gasteiger partial charge in [-0.2, -0.15) is 5.10 Å². The summed E-state index contributed by atoms with van der Waals surface area (Å²) >= 11 is 1.32. The minimum atomic E-state index is -3.70. The molecule has 0 aliphatic carbocycles. The second-order valence-electron chi connectivity index (χ2n) is 5.70. The molecule has 0 bridgehead atoms. The van der Waals surface area contributed by atoms with Crippen LogP contribution < -0.4 is 4.72 Å². The van der Waals surface area contributed by atoms with Gasteiger partial charge in [0, 0.05) is 12.2 Å². The van der Waals surface area contributed by atoms with Crippen molar-refractivity contribution in [1.29, 1.82) is 0 Å². The molecule has 6 nitrogen and oxygen atoms in total. The molecule has 23 heavy (non-hydrogen) atoms. The first-order valence-corrected chi connectivity index (χ1v) is 9.52. The van der Waals surface area contributed by atoms with Crippen LogP contribution in [0.4, 0.5) is 5.13 Å². The van der Waals surface area contributed by atoms with E-state index in [1.807, 2.05) is 39.0 Å². The zero-order chi connectivity index (χ0) is 16.8. The maximum Gasteiger partial charge on any atom is 0.267 e. The Balaban J connectivity index is 1.98. The van der Waals surface area contributed by atoms with Crippen molar-refractivity contribution >= 4 is 36.7 Å². The van der Waals surface area contributed by atoms with Crippen LogP contribution in [-0.2, 0) is 10.0 Å². The SMILES string of the molecule is Cc1nn(C(C)C)cc1S(=O)(=O)Nc1nc2c(C)cccc2s1. The van der Waals surface area contributed by atoms with Gasteiger partial charge in [0.1, 0.15) is 4.90 Å². The quantitative estimate of drug-likeness (QED) is 0.781. The number of rotatable bonds is 4. The Morgan fingerprint density at radius 1 is 1.26 bits per heavy atom. The lowest BCUT2D eigenvalue weighted by Gasteiger charge is -2.04. The van der Waals surface area contributed by atoms with Crippen LogP contribution in [0.2, 0.25) is 0 Å². The third-order valence-electron chi connectivity index (χ3n) is 3.53. The van der Waals surface area contributed by atoms with Gasteiger partial charge in [-0.25, -0.2) is 13.4 Å². The molecule has 0 unspecified atom stereocenters. The Kier molecular flexibility index (Phi) is 3.89. The summed E-state index contributed by atoms with van der Waals surface area (Å²) in [6.45, 7) is 7.55. The number of para-hydroxylation sites is 1. The van der Waals surface area contributed by atoms with Crippen LogP contribution in [0.5, 0.6) is 0 Å². The van der Waals surface area contributed by atoms with E-state index in [0.717, 1.165) is 15.8 Å². The molecule has 0 radical (unpaired) electrons. The van der Waals surface area contributed by atoms with Crippen LogP contribution in [0.3, 0.4) is 0 Å². The summed E-state index contributed by atoms with van der Waals surface area (Å²) in [6.07, 6.45) is 1.56. The minimum Gasteiger partial charge on any atom is -0.269 e. The first-order valence-electron chi connectivity index (χ1n) is 7.22. The van der Waals surface area contributed by atoms with Gasteiger partial charge in [-0.15, -0.1) is 0 Å². The predicted molar refractivity (Wildman–Crippen MR) is 92.5 cm³/mol. The average molecular weight is 350 g/mol. The van der Waals surface area contributed by atoms with Gasteiger partial charge in [0.05, 0.1) is 15.9 Å². The van der Waals surface area contributed by atoms with Gasteiger partial charge in [0.15, 0.2) is 5.13 Å². The van der Waals surface area contributed by atoms with E-state index in [1.165, 1.54) is 11.3 Å². The summed E-state index contributed by atoms with van der Waals surface area (Å²) in [5.41, 5.74) is 2.32. The van der Waals surface area contributed by atoms with Crippen molar-refractivity contribution in [2.75, 3.05) is 4.72 Å². The summed E-state index contributed by atoms with van der Waals surface area (Å²) in [6, 6.07) is 5.92. The molecule has 122 valence electrons. The number of thiazole rings is 1. The lowest BCUT2D eigenvalue weighted by atomic mass is 10.2. The van der Waals surface area contributed by atoms with Gasteiger partial charge in [0.25, 0.3) is 10.0 Å². The molecular formula is C15H18N4O2S2. The minimum absolute atomic E-state index is 0.0998. The molecule has 0 atom stereocenters. The second kappa shape index (κ2) is 5.61. The van der Waals surface area contributed by atoms with Crippen molar-refractivity contribution in [1.82, 2.24) is 14.8 Å². The molecule has 1 N–H and O–H groups in total. The highest BCUT2D eigenvalue weighted by atomic mass is 32.2. The molecule has 1 aromatic carbocycles. The summed E-state index contributed by atoms with van der Waals surface area (Å²) < 4.78 is 30.4. The average Bonchev–Trinajstić information content (AvgIpc) is 3.02. The number of nitrogens with zero attached hydrogens (tertiary/aromatic N) is 3. The number of sulfonamides is 1. The number of benzene rings is 1. The molecule has 8 heteroatoms. The number of hydrogen-bond acceptors (Lipinski definition) is 5. The van der Waals surface area contributed by atoms with E-state index < -0.39 is 10.0 Å². The van der Waals surface area contributed by atoms with E-state index >= 15 is 0 Å². The zero-order valence-electron chi connectivity index (χ0n) is 13.4. The third kappa shape index (κ3) is 2.96. The van der Waals surface area contributed by atoms with Crippen molar-refractivity contribution < 1.29 is 8.42 Å². The van der Waals surface area contributed by atoms with E-state index in [4.69, 9.17) is 0 Å². The normalized spacial score (nSPS) is 12.2. The maximum absolute atomic E-state index is 12.6. The van der Waals surface area contributed by atoms with Gasteiger partial charge >= 0.3 is 0 Å². The molecule has 0 saturated carbocycles. The highest BCUT2D eigenvalue weighted by Crippen LogP contribution is 2.30. The maximum atomic E-state index is 12.6.